The zero-order valence-electron chi connectivity index (χ0n) is 11.5. The molecule has 23 heavy (non-hydrogen) atoms. The van der Waals surface area contributed by atoms with Crippen LogP contribution in [0.25, 0.3) is 0 Å². The van der Waals surface area contributed by atoms with Crippen molar-refractivity contribution in [2.45, 2.75) is 14.6 Å². The van der Waals surface area contributed by atoms with E-state index in [1.165, 1.54) is 0 Å². The van der Waals surface area contributed by atoms with Crippen LogP contribution in [-0.2, 0) is 0 Å². The number of halogens is 3. The molecule has 0 aliphatic carbocycles. The van der Waals surface area contributed by atoms with Gasteiger partial charge < -0.3 is 9.47 Å². The summed E-state index contributed by atoms with van der Waals surface area (Å²) in [6.45, 7) is 0. The Morgan fingerprint density at radius 3 is 2.00 bits per heavy atom. The largest absolute Gasteiger partial charge is 0.428 e. The number of hydrogen-bond donors (Lipinski definition) is 1. The zero-order valence-corrected chi connectivity index (χ0v) is 14.5. The Bertz CT molecular complexity index is 696. The summed E-state index contributed by atoms with van der Waals surface area (Å²) in [6, 6.07) is 15.9. The zero-order chi connectivity index (χ0) is 16.5. The summed E-state index contributed by atoms with van der Waals surface area (Å²) >= 11 is 18.9. The number of thioether (sulfide) groups is 1. The molecule has 3 rings (SSSR count). The highest BCUT2D eigenvalue weighted by Gasteiger charge is 2.59. The maximum absolute atomic E-state index is 12.3. The molecule has 0 aromatic heterocycles. The lowest BCUT2D eigenvalue weighted by Crippen LogP contribution is -2.62. The number of amides is 1. The molecular weight excluding hydrogens is 381 g/mol. The summed E-state index contributed by atoms with van der Waals surface area (Å²) in [6.07, 6.45) is 0. The second-order valence-electron chi connectivity index (χ2n) is 4.59. The Labute approximate surface area is 152 Å². The highest BCUT2D eigenvalue weighted by atomic mass is 35.6. The van der Waals surface area contributed by atoms with E-state index in [0.717, 1.165) is 16.7 Å². The number of rotatable bonds is 2. The highest BCUT2D eigenvalue weighted by molar-refractivity contribution is 8.13. The standard InChI is InChI=1S/C15H10Cl3NO3S/c16-14(17,18)15(21-11-8-4-5-9-12(11)22-15)19-13(20)23-10-6-2-1-3-7-10/h1-9H,(H,19,20). The van der Waals surface area contributed by atoms with Gasteiger partial charge in [-0.05, 0) is 36.0 Å². The molecule has 0 atom stereocenters. The van der Waals surface area contributed by atoms with E-state index < -0.39 is 14.9 Å². The SMILES string of the molecule is O=C(NC1(C(Cl)(Cl)Cl)Oc2ccccc2O1)Sc1ccccc1. The Kier molecular flexibility index (Phi) is 4.56. The van der Waals surface area contributed by atoms with Crippen LogP contribution in [0, 0.1) is 0 Å². The quantitative estimate of drug-likeness (QED) is 0.580. The Morgan fingerprint density at radius 2 is 1.48 bits per heavy atom. The molecule has 0 bridgehead atoms. The third-order valence-electron chi connectivity index (χ3n) is 2.95. The lowest BCUT2D eigenvalue weighted by molar-refractivity contribution is -0.0911. The average molecular weight is 391 g/mol. The molecule has 4 nitrogen and oxygen atoms in total. The van der Waals surface area contributed by atoms with Gasteiger partial charge >= 0.3 is 5.91 Å². The molecule has 1 heterocycles. The molecule has 0 radical (unpaired) electrons. The van der Waals surface area contributed by atoms with Crippen molar-refractivity contribution in [3.63, 3.8) is 0 Å². The summed E-state index contributed by atoms with van der Waals surface area (Å²) in [4.78, 5) is 13.0. The number of nitrogens with one attached hydrogen (secondary N) is 1. The summed E-state index contributed by atoms with van der Waals surface area (Å²) < 4.78 is 9.17. The fourth-order valence-electron chi connectivity index (χ4n) is 1.94. The van der Waals surface area contributed by atoms with Gasteiger partial charge in [0.25, 0.3) is 9.03 Å². The highest BCUT2D eigenvalue weighted by Crippen LogP contribution is 2.48. The van der Waals surface area contributed by atoms with Crippen LogP contribution in [0.5, 0.6) is 11.5 Å². The number of carbonyl (C=O) groups is 1. The molecule has 0 saturated heterocycles. The average Bonchev–Trinajstić information content (AvgIpc) is 2.87. The molecule has 8 heteroatoms. The minimum Gasteiger partial charge on any atom is -0.428 e. The second-order valence-corrected chi connectivity index (χ2v) is 7.92. The monoisotopic (exact) mass is 389 g/mol. The topological polar surface area (TPSA) is 47.6 Å². The first kappa shape index (κ1) is 16.6. The summed E-state index contributed by atoms with van der Waals surface area (Å²) in [5.74, 6) is -1.17. The fourth-order valence-corrected chi connectivity index (χ4v) is 3.01. The Balaban J connectivity index is 1.81. The molecule has 1 amide bonds. The van der Waals surface area contributed by atoms with Gasteiger partial charge in [0.05, 0.1) is 0 Å². The van der Waals surface area contributed by atoms with E-state index in [-0.39, 0.29) is 0 Å². The number of fused-ring (bicyclic) bond motifs is 1. The third kappa shape index (κ3) is 3.48. The molecule has 1 aliphatic heterocycles. The van der Waals surface area contributed by atoms with Crippen molar-refractivity contribution in [1.82, 2.24) is 5.32 Å². The van der Waals surface area contributed by atoms with Crippen molar-refractivity contribution < 1.29 is 14.3 Å². The van der Waals surface area contributed by atoms with E-state index >= 15 is 0 Å². The second kappa shape index (κ2) is 6.32. The van der Waals surface area contributed by atoms with Crippen molar-refractivity contribution in [3.05, 3.63) is 54.6 Å². The molecule has 0 spiro atoms. The smallest absolute Gasteiger partial charge is 0.388 e. The predicted octanol–water partition coefficient (Wildman–Crippen LogP) is 4.98. The normalized spacial score (nSPS) is 15.3. The Hall–Kier alpha value is -1.27. The van der Waals surface area contributed by atoms with Gasteiger partial charge in [-0.2, -0.15) is 0 Å². The molecule has 1 aliphatic rings. The molecule has 0 saturated carbocycles. The van der Waals surface area contributed by atoms with E-state index in [1.807, 2.05) is 18.2 Å². The van der Waals surface area contributed by atoms with Crippen LogP contribution in [0.4, 0.5) is 4.79 Å². The molecule has 120 valence electrons. The lowest BCUT2D eigenvalue weighted by Gasteiger charge is -2.33. The maximum Gasteiger partial charge on any atom is 0.388 e. The van der Waals surface area contributed by atoms with E-state index in [4.69, 9.17) is 44.3 Å². The van der Waals surface area contributed by atoms with Gasteiger partial charge in [0, 0.05) is 4.90 Å². The van der Waals surface area contributed by atoms with Crippen LogP contribution >= 0.6 is 46.6 Å². The maximum atomic E-state index is 12.3. The van der Waals surface area contributed by atoms with Crippen LogP contribution in [-0.4, -0.2) is 14.9 Å². The van der Waals surface area contributed by atoms with Gasteiger partial charge in [-0.15, -0.1) is 0 Å². The molecule has 2 aromatic carbocycles. The van der Waals surface area contributed by atoms with E-state index in [1.54, 1.807) is 36.4 Å². The minimum atomic E-state index is -2.04. The number of carbonyl (C=O) groups excluding carboxylic acids is 1. The summed E-state index contributed by atoms with van der Waals surface area (Å²) in [7, 11) is 0. The summed E-state index contributed by atoms with van der Waals surface area (Å²) in [5.41, 5.74) is 0. The van der Waals surface area contributed by atoms with Gasteiger partial charge in [-0.25, -0.2) is 0 Å². The van der Waals surface area contributed by atoms with Crippen LogP contribution < -0.4 is 14.8 Å². The molecule has 2 aromatic rings. The van der Waals surface area contributed by atoms with Crippen LogP contribution in [0.1, 0.15) is 0 Å². The summed E-state index contributed by atoms with van der Waals surface area (Å²) in [5, 5.41) is 2.03. The van der Waals surface area contributed by atoms with Gasteiger partial charge in [0.15, 0.2) is 11.5 Å². The van der Waals surface area contributed by atoms with Crippen molar-refractivity contribution in [3.8, 4) is 11.5 Å². The fraction of sp³-hybridized carbons (Fsp3) is 0.133. The van der Waals surface area contributed by atoms with Gasteiger partial charge in [-0.1, -0.05) is 65.1 Å². The van der Waals surface area contributed by atoms with Crippen molar-refractivity contribution in [2.24, 2.45) is 0 Å². The minimum absolute atomic E-state index is 0.379. The van der Waals surface area contributed by atoms with Crippen LogP contribution in [0.15, 0.2) is 59.5 Å². The van der Waals surface area contributed by atoms with E-state index in [2.05, 4.69) is 5.32 Å². The number of hydrogen-bond acceptors (Lipinski definition) is 4. The van der Waals surface area contributed by atoms with Crippen LogP contribution in [0.3, 0.4) is 0 Å². The first-order valence-corrected chi connectivity index (χ1v) is 8.43. The van der Waals surface area contributed by atoms with Gasteiger partial charge in [-0.3, -0.25) is 10.1 Å². The van der Waals surface area contributed by atoms with Crippen LogP contribution in [0.2, 0.25) is 0 Å². The number of para-hydroxylation sites is 2. The molecule has 0 unspecified atom stereocenters. The van der Waals surface area contributed by atoms with Crippen molar-refractivity contribution in [1.29, 1.82) is 0 Å². The first-order chi connectivity index (χ1) is 10.9. The molecule has 1 N–H and O–H groups in total. The Morgan fingerprint density at radius 1 is 0.957 bits per heavy atom. The first-order valence-electron chi connectivity index (χ1n) is 6.48. The number of alkyl halides is 3. The third-order valence-corrected chi connectivity index (χ3v) is 4.49. The lowest BCUT2D eigenvalue weighted by atomic mass is 10.3. The van der Waals surface area contributed by atoms with Crippen molar-refractivity contribution >= 4 is 51.8 Å². The van der Waals surface area contributed by atoms with Gasteiger partial charge in [0.1, 0.15) is 0 Å². The van der Waals surface area contributed by atoms with E-state index in [0.29, 0.717) is 11.5 Å². The van der Waals surface area contributed by atoms with Gasteiger partial charge in [0.2, 0.25) is 0 Å². The molecule has 0 fully saturated rings. The van der Waals surface area contributed by atoms with E-state index in [9.17, 15) is 4.79 Å². The van der Waals surface area contributed by atoms with Crippen molar-refractivity contribution in [2.75, 3.05) is 0 Å². The number of benzene rings is 2. The predicted molar refractivity (Wildman–Crippen MR) is 91.5 cm³/mol. The number of ether oxygens (including phenoxy) is 2. The molecular formula is C15H10Cl3NO3S.